The fourth-order valence-electron chi connectivity index (χ4n) is 2.98. The summed E-state index contributed by atoms with van der Waals surface area (Å²) >= 11 is 1.52. The number of unbranched alkanes of at least 4 members (excludes halogenated alkanes) is 1. The van der Waals surface area contributed by atoms with Gasteiger partial charge in [0, 0.05) is 20.8 Å². The minimum absolute atomic E-state index is 0.0810. The van der Waals surface area contributed by atoms with E-state index in [2.05, 4.69) is 26.0 Å². The summed E-state index contributed by atoms with van der Waals surface area (Å²) in [6, 6.07) is 12.9. The maximum Gasteiger partial charge on any atom is 0.142 e. The van der Waals surface area contributed by atoms with Crippen molar-refractivity contribution in [3.8, 4) is 6.07 Å². The van der Waals surface area contributed by atoms with Crippen LogP contribution in [0.3, 0.4) is 0 Å². The predicted octanol–water partition coefficient (Wildman–Crippen LogP) is 7.63. The number of hydrogen-bond donors (Lipinski definition) is 0. The quantitative estimate of drug-likeness (QED) is 0.320. The van der Waals surface area contributed by atoms with E-state index in [-0.39, 0.29) is 5.56 Å². The molecule has 4 heteroatoms. The molecule has 0 N–H and O–H groups in total. The molecule has 0 aliphatic heterocycles. The van der Waals surface area contributed by atoms with Gasteiger partial charge in [-0.15, -0.1) is 0 Å². The largest absolute Gasteiger partial charge is 0.464 e. The minimum atomic E-state index is -0.480. The van der Waals surface area contributed by atoms with Crippen molar-refractivity contribution in [2.75, 3.05) is 0 Å². The number of nitrogens with zero attached hydrogens (tertiary/aromatic N) is 1. The van der Waals surface area contributed by atoms with E-state index >= 15 is 0 Å². The van der Waals surface area contributed by atoms with Crippen LogP contribution in [0.4, 0.5) is 4.39 Å². The first-order valence-corrected chi connectivity index (χ1v) is 10.1. The Labute approximate surface area is 169 Å². The van der Waals surface area contributed by atoms with Gasteiger partial charge in [-0.05, 0) is 55.7 Å². The SMILES string of the molecule is CCC/C=C(\C=C(/C)c1coc2ccccc12)Sc1cc(F)c(C#N)cc1C. The molecule has 2 nitrogen and oxygen atoms in total. The fraction of sp³-hybridized carbons (Fsp3) is 0.208. The van der Waals surface area contributed by atoms with Crippen LogP contribution >= 0.6 is 11.8 Å². The molecule has 3 aromatic rings. The van der Waals surface area contributed by atoms with Crippen molar-refractivity contribution in [1.29, 1.82) is 5.26 Å². The Morgan fingerprint density at radius 1 is 1.29 bits per heavy atom. The van der Waals surface area contributed by atoms with Gasteiger partial charge in [0.2, 0.25) is 0 Å². The molecule has 2 aromatic carbocycles. The van der Waals surface area contributed by atoms with E-state index in [0.29, 0.717) is 0 Å². The number of thioether (sulfide) groups is 1. The summed E-state index contributed by atoms with van der Waals surface area (Å²) in [5.74, 6) is -0.480. The highest BCUT2D eigenvalue weighted by Crippen LogP contribution is 2.35. The van der Waals surface area contributed by atoms with E-state index in [1.54, 1.807) is 12.3 Å². The number of fused-ring (bicyclic) bond motifs is 1. The molecule has 1 heterocycles. The van der Waals surface area contributed by atoms with Crippen molar-refractivity contribution in [2.24, 2.45) is 0 Å². The van der Waals surface area contributed by atoms with Crippen molar-refractivity contribution in [2.45, 2.75) is 38.5 Å². The third-order valence-corrected chi connectivity index (χ3v) is 5.69. The second-order valence-corrected chi connectivity index (χ2v) is 7.79. The summed E-state index contributed by atoms with van der Waals surface area (Å²) in [4.78, 5) is 1.87. The highest BCUT2D eigenvalue weighted by atomic mass is 32.2. The second kappa shape index (κ2) is 8.95. The Kier molecular flexibility index (Phi) is 6.38. The zero-order valence-electron chi connectivity index (χ0n) is 16.3. The summed E-state index contributed by atoms with van der Waals surface area (Å²) in [5.41, 5.74) is 3.98. The van der Waals surface area contributed by atoms with Crippen LogP contribution in [0, 0.1) is 24.1 Å². The van der Waals surface area contributed by atoms with E-state index in [4.69, 9.17) is 9.68 Å². The summed E-state index contributed by atoms with van der Waals surface area (Å²) in [7, 11) is 0. The monoisotopic (exact) mass is 391 g/mol. The normalized spacial score (nSPS) is 12.4. The van der Waals surface area contributed by atoms with Crippen molar-refractivity contribution in [3.63, 3.8) is 0 Å². The standard InChI is InChI=1S/C24H22FNOS/c1-4-5-8-19(28-24-13-22(25)18(14-26)11-17(24)3)12-16(2)21-15-27-23-10-7-6-9-20(21)23/h6-13,15H,4-5H2,1-3H3/b16-12+,19-8+. The first-order valence-electron chi connectivity index (χ1n) is 9.26. The van der Waals surface area contributed by atoms with Crippen LogP contribution in [0.25, 0.3) is 16.5 Å². The van der Waals surface area contributed by atoms with E-state index in [9.17, 15) is 4.39 Å². The molecule has 0 saturated heterocycles. The molecule has 0 saturated carbocycles. The molecule has 0 radical (unpaired) electrons. The van der Waals surface area contributed by atoms with E-state index in [1.165, 1.54) is 17.8 Å². The van der Waals surface area contributed by atoms with Crippen molar-refractivity contribution in [3.05, 3.63) is 82.2 Å². The van der Waals surface area contributed by atoms with Crippen LogP contribution in [-0.4, -0.2) is 0 Å². The second-order valence-electron chi connectivity index (χ2n) is 6.68. The van der Waals surface area contributed by atoms with Gasteiger partial charge in [-0.3, -0.25) is 0 Å². The first kappa shape index (κ1) is 20.0. The zero-order chi connectivity index (χ0) is 20.1. The zero-order valence-corrected chi connectivity index (χ0v) is 17.1. The number of aryl methyl sites for hydroxylation is 1. The van der Waals surface area contributed by atoms with Gasteiger partial charge in [-0.2, -0.15) is 5.26 Å². The minimum Gasteiger partial charge on any atom is -0.464 e. The fourth-order valence-corrected chi connectivity index (χ4v) is 4.05. The lowest BCUT2D eigenvalue weighted by Crippen LogP contribution is -1.89. The average molecular weight is 392 g/mol. The van der Waals surface area contributed by atoms with Crippen molar-refractivity contribution in [1.82, 2.24) is 0 Å². The molecule has 0 spiro atoms. The van der Waals surface area contributed by atoms with Gasteiger partial charge in [0.25, 0.3) is 0 Å². The predicted molar refractivity (Wildman–Crippen MR) is 115 cm³/mol. The lowest BCUT2D eigenvalue weighted by atomic mass is 10.1. The van der Waals surface area contributed by atoms with Gasteiger partial charge in [0.15, 0.2) is 0 Å². The van der Waals surface area contributed by atoms with Crippen LogP contribution in [0.5, 0.6) is 0 Å². The highest BCUT2D eigenvalue weighted by molar-refractivity contribution is 8.03. The van der Waals surface area contributed by atoms with Gasteiger partial charge >= 0.3 is 0 Å². The molecule has 3 rings (SSSR count). The Hall–Kier alpha value is -2.77. The Morgan fingerprint density at radius 3 is 2.82 bits per heavy atom. The van der Waals surface area contributed by atoms with Crippen LogP contribution in [-0.2, 0) is 0 Å². The topological polar surface area (TPSA) is 36.9 Å². The number of nitriles is 1. The van der Waals surface area contributed by atoms with Gasteiger partial charge < -0.3 is 4.42 Å². The molecule has 0 amide bonds. The molecule has 0 bridgehead atoms. The lowest BCUT2D eigenvalue weighted by molar-refractivity contribution is 0.614. The molecule has 0 atom stereocenters. The Balaban J connectivity index is 1.96. The third kappa shape index (κ3) is 4.37. The number of furan rings is 1. The van der Waals surface area contributed by atoms with E-state index in [0.717, 1.165) is 50.3 Å². The molecule has 1 aromatic heterocycles. The average Bonchev–Trinajstić information content (AvgIpc) is 3.12. The van der Waals surface area contributed by atoms with Crippen LogP contribution in [0.1, 0.15) is 43.4 Å². The third-order valence-electron chi connectivity index (χ3n) is 4.51. The summed E-state index contributed by atoms with van der Waals surface area (Å²) < 4.78 is 19.8. The van der Waals surface area contributed by atoms with Crippen molar-refractivity contribution < 1.29 is 8.81 Å². The highest BCUT2D eigenvalue weighted by Gasteiger charge is 2.11. The number of rotatable bonds is 6. The summed E-state index contributed by atoms with van der Waals surface area (Å²) in [6.45, 7) is 6.09. The van der Waals surface area contributed by atoms with Gasteiger partial charge in [0.1, 0.15) is 17.5 Å². The molecule has 0 aliphatic carbocycles. The van der Waals surface area contributed by atoms with Crippen molar-refractivity contribution >= 4 is 28.3 Å². The Morgan fingerprint density at radius 2 is 2.07 bits per heavy atom. The summed E-state index contributed by atoms with van der Waals surface area (Å²) in [6.07, 6.45) is 8.05. The first-order chi connectivity index (χ1) is 13.5. The molecular weight excluding hydrogens is 369 g/mol. The number of allylic oxidation sites excluding steroid dienone is 3. The molecule has 0 aliphatic rings. The molecule has 0 unspecified atom stereocenters. The number of halogens is 1. The van der Waals surface area contributed by atoms with Crippen LogP contribution in [0.2, 0.25) is 0 Å². The molecule has 0 fully saturated rings. The molecule has 28 heavy (non-hydrogen) atoms. The Bertz CT molecular complexity index is 1100. The lowest BCUT2D eigenvalue weighted by Gasteiger charge is -2.09. The smallest absolute Gasteiger partial charge is 0.142 e. The molecule has 142 valence electrons. The maximum atomic E-state index is 14.1. The number of hydrogen-bond acceptors (Lipinski definition) is 3. The van der Waals surface area contributed by atoms with Gasteiger partial charge in [-0.1, -0.05) is 49.4 Å². The maximum absolute atomic E-state index is 14.1. The van der Waals surface area contributed by atoms with Crippen LogP contribution in [0.15, 0.2) is 69.0 Å². The van der Waals surface area contributed by atoms with E-state index < -0.39 is 5.82 Å². The number of para-hydroxylation sites is 1. The van der Waals surface area contributed by atoms with E-state index in [1.807, 2.05) is 37.3 Å². The number of benzene rings is 2. The van der Waals surface area contributed by atoms with Gasteiger partial charge in [0.05, 0.1) is 11.8 Å². The van der Waals surface area contributed by atoms with Crippen LogP contribution < -0.4 is 0 Å². The molecular formula is C24H22FNOS. The summed E-state index contributed by atoms with van der Waals surface area (Å²) in [5, 5.41) is 10.1. The van der Waals surface area contributed by atoms with Gasteiger partial charge in [-0.25, -0.2) is 4.39 Å².